The van der Waals surface area contributed by atoms with Crippen molar-refractivity contribution in [1.29, 1.82) is 0 Å². The van der Waals surface area contributed by atoms with Crippen LogP contribution in [0.3, 0.4) is 0 Å². The van der Waals surface area contributed by atoms with Crippen molar-refractivity contribution in [1.82, 2.24) is 19.5 Å². The first-order valence-electron chi connectivity index (χ1n) is 8.11. The van der Waals surface area contributed by atoms with Gasteiger partial charge in [-0.25, -0.2) is 19.5 Å². The third kappa shape index (κ3) is 4.71. The normalized spacial score (nSPS) is 14.6. The zero-order valence-electron chi connectivity index (χ0n) is 14.7. The Morgan fingerprint density at radius 1 is 1.41 bits per heavy atom. The second-order valence-electron chi connectivity index (χ2n) is 5.94. The van der Waals surface area contributed by atoms with Gasteiger partial charge in [-0.05, 0) is 24.6 Å². The average molecular weight is 389 g/mol. The number of ether oxygens (including phenoxy) is 1. The summed E-state index contributed by atoms with van der Waals surface area (Å²) in [6.07, 6.45) is 3.39. The fourth-order valence-corrected chi connectivity index (χ4v) is 3.35. The third-order valence-corrected chi connectivity index (χ3v) is 4.73. The van der Waals surface area contributed by atoms with Crippen molar-refractivity contribution in [2.75, 3.05) is 12.1 Å². The molecule has 0 saturated carbocycles. The van der Waals surface area contributed by atoms with Gasteiger partial charge in [0.15, 0.2) is 17.8 Å². The molecular weight excluding hydrogens is 369 g/mol. The van der Waals surface area contributed by atoms with Crippen LogP contribution in [-0.4, -0.2) is 36.9 Å². The Bertz CT molecular complexity index is 1010. The minimum Gasteiger partial charge on any atom is -0.423 e. The number of aromatic nitrogens is 4. The molecule has 2 aromatic heterocycles. The van der Waals surface area contributed by atoms with Crippen LogP contribution in [0.15, 0.2) is 49.6 Å². The van der Waals surface area contributed by atoms with E-state index >= 15 is 0 Å². The highest BCUT2D eigenvalue weighted by Crippen LogP contribution is 2.43. The van der Waals surface area contributed by atoms with Gasteiger partial charge in [0.2, 0.25) is 0 Å². The smallest absolute Gasteiger partial charge is 0.402 e. The van der Waals surface area contributed by atoms with Crippen LogP contribution in [0.1, 0.15) is 5.56 Å². The molecule has 0 aliphatic heterocycles. The molecule has 3 rings (SSSR count). The second-order valence-corrected chi connectivity index (χ2v) is 7.66. The third-order valence-electron chi connectivity index (χ3n) is 3.76. The minimum atomic E-state index is -3.99. The maximum atomic E-state index is 12.3. The molecular formula is C17H20N5O4P. The first-order valence-corrected chi connectivity index (χ1v) is 9.88. The Labute approximate surface area is 156 Å². The molecule has 0 radical (unpaired) electrons. The standard InChI is InChI=1S/C17H20N5O4P/c1-3-13(8-22-10-21-15-16(18)19-9-20-17(15)22)25-11-27(23,24)26-14-6-4-5-12(2)7-14/h3-7,9-10,13H,1,8,11H2,2H3,(H,23,24)(H2,18,19,20)/t13-/m1/s1. The van der Waals surface area contributed by atoms with Crippen molar-refractivity contribution in [3.05, 3.63) is 55.1 Å². The number of hydrogen-bond donors (Lipinski definition) is 2. The quantitative estimate of drug-likeness (QED) is 0.445. The maximum absolute atomic E-state index is 12.3. The van der Waals surface area contributed by atoms with Crippen LogP contribution in [0.2, 0.25) is 0 Å². The Balaban J connectivity index is 1.65. The minimum absolute atomic E-state index is 0.279. The number of nitrogens with two attached hydrogens (primary N) is 1. The number of hydrogen-bond acceptors (Lipinski definition) is 7. The predicted octanol–water partition coefficient (Wildman–Crippen LogP) is 2.51. The van der Waals surface area contributed by atoms with Crippen LogP contribution in [0.5, 0.6) is 5.75 Å². The molecule has 0 aliphatic rings. The van der Waals surface area contributed by atoms with Crippen LogP contribution in [-0.2, 0) is 15.8 Å². The summed E-state index contributed by atoms with van der Waals surface area (Å²) in [4.78, 5) is 22.3. The molecule has 27 heavy (non-hydrogen) atoms. The van der Waals surface area contributed by atoms with Crippen molar-refractivity contribution >= 4 is 24.6 Å². The monoisotopic (exact) mass is 389 g/mol. The van der Waals surface area contributed by atoms with Gasteiger partial charge in [-0.1, -0.05) is 18.2 Å². The summed E-state index contributed by atoms with van der Waals surface area (Å²) in [6.45, 7) is 5.87. The summed E-state index contributed by atoms with van der Waals surface area (Å²) in [7, 11) is -3.99. The molecule has 1 aromatic carbocycles. The van der Waals surface area contributed by atoms with E-state index in [9.17, 15) is 9.46 Å². The van der Waals surface area contributed by atoms with Gasteiger partial charge in [0.05, 0.1) is 19.0 Å². The van der Waals surface area contributed by atoms with Gasteiger partial charge in [0, 0.05) is 0 Å². The van der Waals surface area contributed by atoms with E-state index in [0.717, 1.165) is 5.56 Å². The lowest BCUT2D eigenvalue weighted by Crippen LogP contribution is -2.19. The zero-order chi connectivity index (χ0) is 19.4. The van der Waals surface area contributed by atoms with E-state index in [1.54, 1.807) is 29.1 Å². The predicted molar refractivity (Wildman–Crippen MR) is 101 cm³/mol. The number of rotatable bonds is 8. The van der Waals surface area contributed by atoms with Crippen LogP contribution in [0.4, 0.5) is 5.82 Å². The van der Waals surface area contributed by atoms with Gasteiger partial charge in [0.1, 0.15) is 17.6 Å². The SMILES string of the molecule is C=C[C@H](Cn1cnc2c(N)ncnc21)OCP(=O)(O)Oc1cccc(C)c1. The number of nitrogen functional groups attached to an aromatic ring is 1. The van der Waals surface area contributed by atoms with Gasteiger partial charge >= 0.3 is 7.60 Å². The zero-order valence-corrected chi connectivity index (χ0v) is 15.6. The van der Waals surface area contributed by atoms with Crippen molar-refractivity contribution in [2.24, 2.45) is 0 Å². The molecule has 1 unspecified atom stereocenters. The molecule has 0 fully saturated rings. The first kappa shape index (κ1) is 19.0. The van der Waals surface area contributed by atoms with E-state index in [-0.39, 0.29) is 5.82 Å². The van der Waals surface area contributed by atoms with Crippen LogP contribution < -0.4 is 10.3 Å². The van der Waals surface area contributed by atoms with Crippen molar-refractivity contribution in [3.63, 3.8) is 0 Å². The summed E-state index contributed by atoms with van der Waals surface area (Å²) in [6, 6.07) is 6.90. The van der Waals surface area contributed by atoms with Gasteiger partial charge < -0.3 is 24.5 Å². The second kappa shape index (κ2) is 7.87. The number of fused-ring (bicyclic) bond motifs is 1. The molecule has 3 N–H and O–H groups in total. The summed E-state index contributed by atoms with van der Waals surface area (Å²) >= 11 is 0. The van der Waals surface area contributed by atoms with Crippen molar-refractivity contribution < 1.29 is 18.7 Å². The lowest BCUT2D eigenvalue weighted by molar-refractivity contribution is 0.0975. The first-order chi connectivity index (χ1) is 12.9. The largest absolute Gasteiger partial charge is 0.423 e. The molecule has 142 valence electrons. The molecule has 0 amide bonds. The fourth-order valence-electron chi connectivity index (χ4n) is 2.47. The van der Waals surface area contributed by atoms with E-state index in [1.165, 1.54) is 12.4 Å². The molecule has 10 heteroatoms. The highest BCUT2D eigenvalue weighted by atomic mass is 31.2. The van der Waals surface area contributed by atoms with E-state index in [1.807, 2.05) is 13.0 Å². The fraction of sp³-hybridized carbons (Fsp3) is 0.235. The highest BCUT2D eigenvalue weighted by Gasteiger charge is 2.24. The number of imidazole rings is 1. The Morgan fingerprint density at radius 3 is 2.96 bits per heavy atom. The topological polar surface area (TPSA) is 125 Å². The van der Waals surface area contributed by atoms with Gasteiger partial charge in [0.25, 0.3) is 0 Å². The molecule has 0 aliphatic carbocycles. The van der Waals surface area contributed by atoms with Crippen molar-refractivity contribution in [3.8, 4) is 5.75 Å². The molecule has 0 saturated heterocycles. The average Bonchev–Trinajstić information content (AvgIpc) is 3.02. The van der Waals surface area contributed by atoms with Crippen LogP contribution in [0.25, 0.3) is 11.2 Å². The Kier molecular flexibility index (Phi) is 5.55. The van der Waals surface area contributed by atoms with Gasteiger partial charge in [-0.15, -0.1) is 6.58 Å². The van der Waals surface area contributed by atoms with E-state index in [4.69, 9.17) is 15.0 Å². The summed E-state index contributed by atoms with van der Waals surface area (Å²) in [5.41, 5.74) is 7.71. The Hall–Kier alpha value is -2.74. The number of benzene rings is 1. The van der Waals surface area contributed by atoms with E-state index in [2.05, 4.69) is 21.5 Å². The summed E-state index contributed by atoms with van der Waals surface area (Å²) < 4.78 is 24.7. The Morgan fingerprint density at radius 2 is 2.22 bits per heavy atom. The maximum Gasteiger partial charge on any atom is 0.402 e. The van der Waals surface area contributed by atoms with Crippen LogP contribution in [0, 0.1) is 6.92 Å². The lowest BCUT2D eigenvalue weighted by atomic mass is 10.2. The molecule has 9 nitrogen and oxygen atoms in total. The lowest BCUT2D eigenvalue weighted by Gasteiger charge is -2.18. The molecule has 0 spiro atoms. The van der Waals surface area contributed by atoms with Gasteiger partial charge in [-0.3, -0.25) is 0 Å². The number of aryl methyl sites for hydroxylation is 1. The van der Waals surface area contributed by atoms with Crippen LogP contribution >= 0.6 is 7.60 Å². The van der Waals surface area contributed by atoms with E-state index in [0.29, 0.717) is 23.5 Å². The molecule has 2 heterocycles. The van der Waals surface area contributed by atoms with Crippen molar-refractivity contribution in [2.45, 2.75) is 19.6 Å². The summed E-state index contributed by atoms with van der Waals surface area (Å²) in [5.74, 6) is 0.591. The highest BCUT2D eigenvalue weighted by molar-refractivity contribution is 7.53. The van der Waals surface area contributed by atoms with E-state index < -0.39 is 20.0 Å². The molecule has 0 bridgehead atoms. The molecule has 3 aromatic rings. The number of nitrogens with zero attached hydrogens (tertiary/aromatic N) is 4. The number of anilines is 1. The van der Waals surface area contributed by atoms with Gasteiger partial charge in [-0.2, -0.15) is 0 Å². The summed E-state index contributed by atoms with van der Waals surface area (Å²) in [5, 5.41) is 0. The molecule has 2 atom stereocenters.